The highest BCUT2D eigenvalue weighted by atomic mass is 16.6. The van der Waals surface area contributed by atoms with Crippen molar-refractivity contribution in [2.45, 2.75) is 55.9 Å². The van der Waals surface area contributed by atoms with Crippen LogP contribution in [0.4, 0.5) is 0 Å². The van der Waals surface area contributed by atoms with E-state index in [2.05, 4.69) is 4.90 Å². The fourth-order valence-corrected chi connectivity index (χ4v) is 4.41. The highest BCUT2D eigenvalue weighted by molar-refractivity contribution is 5.87. The van der Waals surface area contributed by atoms with Gasteiger partial charge in [-0.1, -0.05) is 6.42 Å². The molecule has 4 aliphatic rings. The predicted octanol–water partition coefficient (Wildman–Crippen LogP) is 0.600. The molecule has 4 unspecified atom stereocenters. The second kappa shape index (κ2) is 3.12. The van der Waals surface area contributed by atoms with E-state index in [4.69, 9.17) is 4.74 Å². The standard InChI is InChI=1S/C13H17NO3/c15-10-5-8-7-13(9(10)6-12(16)17-13)11-3-1-2-4-14(8)11/h6,8,10-11,15H,1-5,7H2. The third-order valence-corrected chi connectivity index (χ3v) is 4.99. The average molecular weight is 235 g/mol. The summed E-state index contributed by atoms with van der Waals surface area (Å²) in [5.41, 5.74) is 0.382. The van der Waals surface area contributed by atoms with Crippen molar-refractivity contribution < 1.29 is 14.6 Å². The molecule has 2 saturated heterocycles. The lowest BCUT2D eigenvalue weighted by atomic mass is 9.76. The smallest absolute Gasteiger partial charge is 0.331 e. The van der Waals surface area contributed by atoms with Gasteiger partial charge in [0.1, 0.15) is 0 Å². The minimum absolute atomic E-state index is 0.257. The summed E-state index contributed by atoms with van der Waals surface area (Å²) in [5.74, 6) is -0.257. The van der Waals surface area contributed by atoms with Gasteiger partial charge < -0.3 is 9.84 Å². The molecule has 4 rings (SSSR count). The molecular weight excluding hydrogens is 218 g/mol. The summed E-state index contributed by atoms with van der Waals surface area (Å²) >= 11 is 0. The topological polar surface area (TPSA) is 49.8 Å². The number of carbonyl (C=O) groups is 1. The largest absolute Gasteiger partial charge is 0.449 e. The Morgan fingerprint density at radius 2 is 2.35 bits per heavy atom. The van der Waals surface area contributed by atoms with Crippen LogP contribution in [0.2, 0.25) is 0 Å². The van der Waals surface area contributed by atoms with Crippen LogP contribution >= 0.6 is 0 Å². The van der Waals surface area contributed by atoms with E-state index in [1.54, 1.807) is 6.08 Å². The van der Waals surface area contributed by atoms with E-state index >= 15 is 0 Å². The molecule has 1 N–H and O–H groups in total. The third kappa shape index (κ3) is 1.13. The Labute approximate surface area is 100 Å². The zero-order valence-electron chi connectivity index (χ0n) is 9.76. The molecule has 17 heavy (non-hydrogen) atoms. The van der Waals surface area contributed by atoms with E-state index < -0.39 is 11.7 Å². The van der Waals surface area contributed by atoms with Gasteiger partial charge in [-0.25, -0.2) is 4.79 Å². The van der Waals surface area contributed by atoms with Crippen molar-refractivity contribution in [2.24, 2.45) is 0 Å². The second-order valence-corrected chi connectivity index (χ2v) is 5.77. The van der Waals surface area contributed by atoms with Crippen LogP contribution in [0.15, 0.2) is 11.6 Å². The van der Waals surface area contributed by atoms with E-state index in [0.29, 0.717) is 12.1 Å². The van der Waals surface area contributed by atoms with Crippen molar-refractivity contribution in [1.82, 2.24) is 4.90 Å². The molecule has 1 saturated carbocycles. The van der Waals surface area contributed by atoms with Gasteiger partial charge in [-0.05, 0) is 25.8 Å². The number of carbonyl (C=O) groups excluding carboxylic acids is 1. The van der Waals surface area contributed by atoms with Crippen LogP contribution in [0, 0.1) is 0 Å². The fourth-order valence-electron chi connectivity index (χ4n) is 4.41. The van der Waals surface area contributed by atoms with Gasteiger partial charge in [0.05, 0.1) is 12.1 Å². The SMILES string of the molecule is O=C1C=C2C(O)CC3CC2(O1)C1CCCCN31. The zero-order valence-corrected chi connectivity index (χ0v) is 9.76. The number of piperidine rings is 1. The Kier molecular flexibility index (Phi) is 1.85. The Bertz CT molecular complexity index is 419. The van der Waals surface area contributed by atoms with Gasteiger partial charge in [-0.2, -0.15) is 0 Å². The third-order valence-electron chi connectivity index (χ3n) is 4.99. The second-order valence-electron chi connectivity index (χ2n) is 5.77. The van der Waals surface area contributed by atoms with Crippen LogP contribution in [0.1, 0.15) is 32.1 Å². The van der Waals surface area contributed by atoms with E-state index in [0.717, 1.165) is 31.4 Å². The molecule has 4 heteroatoms. The summed E-state index contributed by atoms with van der Waals surface area (Å²) in [4.78, 5) is 14.1. The Hall–Kier alpha value is -0.870. The Balaban J connectivity index is 1.82. The first kappa shape index (κ1) is 10.1. The van der Waals surface area contributed by atoms with Crippen molar-refractivity contribution in [3.8, 4) is 0 Å². The van der Waals surface area contributed by atoms with Gasteiger partial charge >= 0.3 is 5.97 Å². The summed E-state index contributed by atoms with van der Waals surface area (Å²) in [5, 5.41) is 10.2. The van der Waals surface area contributed by atoms with Crippen molar-refractivity contribution in [3.63, 3.8) is 0 Å². The average Bonchev–Trinajstić information content (AvgIpc) is 2.79. The monoisotopic (exact) mass is 235 g/mol. The van der Waals surface area contributed by atoms with Gasteiger partial charge in [-0.3, -0.25) is 4.90 Å². The van der Waals surface area contributed by atoms with Gasteiger partial charge in [0.2, 0.25) is 0 Å². The highest BCUT2D eigenvalue weighted by Gasteiger charge is 2.63. The molecule has 0 aromatic heterocycles. The summed E-state index contributed by atoms with van der Waals surface area (Å²) in [6.45, 7) is 1.09. The molecule has 4 nitrogen and oxygen atoms in total. The maximum atomic E-state index is 11.6. The molecule has 92 valence electrons. The lowest BCUT2D eigenvalue weighted by Gasteiger charge is -2.38. The van der Waals surface area contributed by atoms with Gasteiger partial charge in [0, 0.05) is 24.1 Å². The molecule has 1 aliphatic carbocycles. The molecule has 2 bridgehead atoms. The van der Waals surface area contributed by atoms with E-state index in [9.17, 15) is 9.90 Å². The fraction of sp³-hybridized carbons (Fsp3) is 0.769. The number of fused-ring (bicyclic) bond motifs is 3. The molecule has 3 heterocycles. The van der Waals surface area contributed by atoms with Gasteiger partial charge in [0.25, 0.3) is 0 Å². The highest BCUT2D eigenvalue weighted by Crippen LogP contribution is 2.53. The lowest BCUT2D eigenvalue weighted by molar-refractivity contribution is -0.149. The summed E-state index contributed by atoms with van der Waals surface area (Å²) in [6.07, 6.45) is 6.24. The number of hydrogen-bond donors (Lipinski definition) is 1. The number of aliphatic hydroxyl groups is 1. The first-order valence-corrected chi connectivity index (χ1v) is 6.59. The van der Waals surface area contributed by atoms with Gasteiger partial charge in [0.15, 0.2) is 5.60 Å². The summed E-state index contributed by atoms with van der Waals surface area (Å²) in [7, 11) is 0. The minimum atomic E-state index is -0.481. The molecule has 3 aliphatic heterocycles. The van der Waals surface area contributed by atoms with Crippen LogP contribution < -0.4 is 0 Å². The van der Waals surface area contributed by atoms with Crippen LogP contribution in [0.3, 0.4) is 0 Å². The first-order valence-electron chi connectivity index (χ1n) is 6.59. The van der Waals surface area contributed by atoms with Crippen LogP contribution in [-0.2, 0) is 9.53 Å². The minimum Gasteiger partial charge on any atom is -0.449 e. The number of ether oxygens (including phenoxy) is 1. The zero-order chi connectivity index (χ0) is 11.6. The van der Waals surface area contributed by atoms with Crippen LogP contribution in [0.25, 0.3) is 0 Å². The number of aliphatic hydroxyl groups excluding tert-OH is 1. The van der Waals surface area contributed by atoms with Crippen molar-refractivity contribution in [2.75, 3.05) is 6.54 Å². The summed E-state index contributed by atoms with van der Waals surface area (Å²) < 4.78 is 5.65. The van der Waals surface area contributed by atoms with E-state index in [-0.39, 0.29) is 5.97 Å². The molecular formula is C13H17NO3. The Morgan fingerprint density at radius 3 is 3.24 bits per heavy atom. The lowest BCUT2D eigenvalue weighted by Crippen LogP contribution is -2.49. The maximum Gasteiger partial charge on any atom is 0.331 e. The van der Waals surface area contributed by atoms with E-state index in [1.807, 2.05) is 0 Å². The number of rotatable bonds is 0. The number of esters is 1. The van der Waals surface area contributed by atoms with Crippen molar-refractivity contribution in [3.05, 3.63) is 11.6 Å². The van der Waals surface area contributed by atoms with E-state index in [1.165, 1.54) is 12.8 Å². The maximum absolute atomic E-state index is 11.6. The number of hydrogen-bond acceptors (Lipinski definition) is 4. The molecule has 0 amide bonds. The van der Waals surface area contributed by atoms with Gasteiger partial charge in [-0.15, -0.1) is 0 Å². The van der Waals surface area contributed by atoms with Crippen LogP contribution in [0.5, 0.6) is 0 Å². The number of nitrogens with zero attached hydrogens (tertiary/aromatic N) is 1. The molecule has 1 spiro atoms. The molecule has 3 fully saturated rings. The normalized spacial score (nSPS) is 48.4. The predicted molar refractivity (Wildman–Crippen MR) is 60.3 cm³/mol. The molecule has 4 atom stereocenters. The van der Waals surface area contributed by atoms with Crippen LogP contribution in [-0.4, -0.2) is 46.3 Å². The van der Waals surface area contributed by atoms with Crippen molar-refractivity contribution >= 4 is 5.97 Å². The quantitative estimate of drug-likeness (QED) is 0.625. The summed E-state index contributed by atoms with van der Waals surface area (Å²) in [6, 6.07) is 0.717. The molecule has 0 radical (unpaired) electrons. The van der Waals surface area contributed by atoms with Crippen molar-refractivity contribution in [1.29, 1.82) is 0 Å². The molecule has 0 aromatic rings. The Morgan fingerprint density at radius 1 is 1.47 bits per heavy atom. The molecule has 0 aromatic carbocycles. The first-order chi connectivity index (χ1) is 8.21.